The van der Waals surface area contributed by atoms with Gasteiger partial charge in [0.05, 0.1) is 42.7 Å². The highest BCUT2D eigenvalue weighted by Gasteiger charge is 2.33. The van der Waals surface area contributed by atoms with Gasteiger partial charge in [0, 0.05) is 5.56 Å². The van der Waals surface area contributed by atoms with Crippen LogP contribution in [0.2, 0.25) is 0 Å². The second kappa shape index (κ2) is 7.49. The molecule has 1 aliphatic rings. The number of anilines is 1. The zero-order valence-corrected chi connectivity index (χ0v) is 17.6. The van der Waals surface area contributed by atoms with Gasteiger partial charge in [0.25, 0.3) is 5.91 Å². The summed E-state index contributed by atoms with van der Waals surface area (Å²) in [6, 6.07) is 12.6. The lowest BCUT2D eigenvalue weighted by atomic mass is 10.1. The van der Waals surface area contributed by atoms with E-state index in [1.54, 1.807) is 22.9 Å². The van der Waals surface area contributed by atoms with Crippen LogP contribution >= 0.6 is 0 Å². The Morgan fingerprint density at radius 3 is 2.47 bits per heavy atom. The third kappa shape index (κ3) is 3.52. The number of aromatic nitrogens is 2. The van der Waals surface area contributed by atoms with E-state index in [1.807, 2.05) is 31.2 Å². The highest BCUT2D eigenvalue weighted by molar-refractivity contribution is 7.90. The van der Waals surface area contributed by atoms with Crippen LogP contribution in [0.15, 0.2) is 42.5 Å². The predicted octanol–water partition coefficient (Wildman–Crippen LogP) is 2.88. The van der Waals surface area contributed by atoms with Gasteiger partial charge in [-0.25, -0.2) is 13.1 Å². The van der Waals surface area contributed by atoms with Gasteiger partial charge in [-0.05, 0) is 31.2 Å². The standard InChI is InChI=1S/C21H21N3O5S/c1-13-7-9-14(10-8-13)24-20(16-11-30(26,27)12-17(16)23-24)22-21(25)15-5-4-6-18(28-2)19(15)29-3/h4-10H,11-12H2,1-3H3,(H,22,25). The third-order valence-corrected chi connectivity index (χ3v) is 6.39. The summed E-state index contributed by atoms with van der Waals surface area (Å²) in [5, 5.41) is 7.32. The Morgan fingerprint density at radius 1 is 1.07 bits per heavy atom. The number of sulfone groups is 1. The van der Waals surface area contributed by atoms with E-state index >= 15 is 0 Å². The number of para-hydroxylation sites is 1. The maximum absolute atomic E-state index is 13.1. The molecule has 30 heavy (non-hydrogen) atoms. The van der Waals surface area contributed by atoms with Crippen molar-refractivity contribution in [3.8, 4) is 17.2 Å². The predicted molar refractivity (Wildman–Crippen MR) is 112 cm³/mol. The smallest absolute Gasteiger partial charge is 0.260 e. The summed E-state index contributed by atoms with van der Waals surface area (Å²) in [7, 11) is -0.342. The summed E-state index contributed by atoms with van der Waals surface area (Å²) in [4.78, 5) is 13.1. The van der Waals surface area contributed by atoms with E-state index in [9.17, 15) is 13.2 Å². The van der Waals surface area contributed by atoms with E-state index in [2.05, 4.69) is 10.4 Å². The molecule has 3 aromatic rings. The van der Waals surface area contributed by atoms with E-state index in [0.717, 1.165) is 11.3 Å². The van der Waals surface area contributed by atoms with Gasteiger partial charge in [-0.1, -0.05) is 23.8 Å². The molecule has 9 heteroatoms. The molecule has 1 aromatic heterocycles. The number of carbonyl (C=O) groups is 1. The Balaban J connectivity index is 1.79. The number of hydrogen-bond acceptors (Lipinski definition) is 6. The first kappa shape index (κ1) is 20.0. The number of nitrogens with one attached hydrogen (secondary N) is 1. The van der Waals surface area contributed by atoms with Crippen molar-refractivity contribution in [2.24, 2.45) is 0 Å². The molecule has 0 saturated carbocycles. The van der Waals surface area contributed by atoms with Gasteiger partial charge in [0.1, 0.15) is 5.82 Å². The van der Waals surface area contributed by atoms with E-state index in [4.69, 9.17) is 9.47 Å². The second-order valence-corrected chi connectivity index (χ2v) is 9.11. The molecule has 0 saturated heterocycles. The van der Waals surface area contributed by atoms with Crippen LogP contribution < -0.4 is 14.8 Å². The number of aryl methyl sites for hydroxylation is 1. The highest BCUT2D eigenvalue weighted by Crippen LogP contribution is 2.35. The van der Waals surface area contributed by atoms with Crippen LogP contribution in [0.3, 0.4) is 0 Å². The lowest BCUT2D eigenvalue weighted by Crippen LogP contribution is -2.18. The molecule has 156 valence electrons. The summed E-state index contributed by atoms with van der Waals surface area (Å²) in [6.45, 7) is 1.97. The quantitative estimate of drug-likeness (QED) is 0.672. The molecule has 1 aliphatic heterocycles. The number of amides is 1. The third-order valence-electron chi connectivity index (χ3n) is 4.95. The molecule has 8 nitrogen and oxygen atoms in total. The zero-order valence-electron chi connectivity index (χ0n) is 16.8. The van der Waals surface area contributed by atoms with E-state index in [1.165, 1.54) is 14.2 Å². The maximum Gasteiger partial charge on any atom is 0.260 e. The highest BCUT2D eigenvalue weighted by atomic mass is 32.2. The Bertz CT molecular complexity index is 1230. The molecule has 0 fully saturated rings. The van der Waals surface area contributed by atoms with Gasteiger partial charge in [-0.3, -0.25) is 4.79 Å². The first-order valence-corrected chi connectivity index (χ1v) is 11.1. The Kier molecular flexibility index (Phi) is 4.98. The summed E-state index contributed by atoms with van der Waals surface area (Å²) >= 11 is 0. The van der Waals surface area contributed by atoms with Crippen molar-refractivity contribution < 1.29 is 22.7 Å². The van der Waals surface area contributed by atoms with Gasteiger partial charge < -0.3 is 14.8 Å². The molecule has 0 radical (unpaired) electrons. The number of ether oxygens (including phenoxy) is 2. The van der Waals surface area contributed by atoms with Crippen molar-refractivity contribution >= 4 is 21.6 Å². The SMILES string of the molecule is COc1cccc(C(=O)Nc2c3c(nn2-c2ccc(C)cc2)CS(=O)(=O)C3)c1OC. The van der Waals surface area contributed by atoms with Gasteiger partial charge in [-0.2, -0.15) is 5.10 Å². The fourth-order valence-electron chi connectivity index (χ4n) is 3.48. The Labute approximate surface area is 174 Å². The van der Waals surface area contributed by atoms with Crippen molar-refractivity contribution in [3.05, 3.63) is 64.8 Å². The first-order chi connectivity index (χ1) is 14.3. The minimum atomic E-state index is -3.29. The maximum atomic E-state index is 13.1. The van der Waals surface area contributed by atoms with Gasteiger partial charge in [0.15, 0.2) is 21.3 Å². The summed E-state index contributed by atoms with van der Waals surface area (Å²) in [6.07, 6.45) is 0. The number of methoxy groups -OCH3 is 2. The number of benzene rings is 2. The average Bonchev–Trinajstić information content (AvgIpc) is 3.20. The van der Waals surface area contributed by atoms with Crippen LogP contribution in [0.4, 0.5) is 5.82 Å². The largest absolute Gasteiger partial charge is 0.493 e. The normalized spacial score (nSPS) is 14.2. The summed E-state index contributed by atoms with van der Waals surface area (Å²) in [5.41, 5.74) is 3.02. The molecule has 2 heterocycles. The van der Waals surface area contributed by atoms with E-state index < -0.39 is 15.7 Å². The fourth-order valence-corrected chi connectivity index (χ4v) is 4.98. The van der Waals surface area contributed by atoms with Gasteiger partial charge in [0.2, 0.25) is 0 Å². The van der Waals surface area contributed by atoms with Crippen molar-refractivity contribution in [3.63, 3.8) is 0 Å². The van der Waals surface area contributed by atoms with Crippen molar-refractivity contribution in [1.82, 2.24) is 9.78 Å². The van der Waals surface area contributed by atoms with Gasteiger partial charge in [-0.15, -0.1) is 0 Å². The Morgan fingerprint density at radius 2 is 1.80 bits per heavy atom. The number of carbonyl (C=O) groups excluding carboxylic acids is 1. The van der Waals surface area contributed by atoms with Crippen LogP contribution in [0.25, 0.3) is 5.69 Å². The number of hydrogen-bond donors (Lipinski definition) is 1. The minimum Gasteiger partial charge on any atom is -0.493 e. The zero-order chi connectivity index (χ0) is 21.5. The lowest BCUT2D eigenvalue weighted by Gasteiger charge is -2.14. The van der Waals surface area contributed by atoms with Crippen molar-refractivity contribution in [2.75, 3.05) is 19.5 Å². The average molecular weight is 427 g/mol. The van der Waals surface area contributed by atoms with E-state index in [-0.39, 0.29) is 17.1 Å². The van der Waals surface area contributed by atoms with Crippen molar-refractivity contribution in [1.29, 1.82) is 0 Å². The van der Waals surface area contributed by atoms with Crippen LogP contribution in [0.5, 0.6) is 11.5 Å². The molecule has 0 unspecified atom stereocenters. The minimum absolute atomic E-state index is 0.146. The molecule has 2 aromatic carbocycles. The molecule has 1 N–H and O–H groups in total. The molecule has 0 spiro atoms. The fraction of sp³-hybridized carbons (Fsp3) is 0.238. The molecular weight excluding hydrogens is 406 g/mol. The van der Waals surface area contributed by atoms with Crippen LogP contribution in [0.1, 0.15) is 27.2 Å². The molecular formula is C21H21N3O5S. The van der Waals surface area contributed by atoms with Crippen molar-refractivity contribution in [2.45, 2.75) is 18.4 Å². The number of nitrogens with zero attached hydrogens (tertiary/aromatic N) is 2. The van der Waals surface area contributed by atoms with Crippen LogP contribution in [0, 0.1) is 6.92 Å². The molecule has 1 amide bonds. The monoisotopic (exact) mass is 427 g/mol. The number of rotatable bonds is 5. The van der Waals surface area contributed by atoms with E-state index in [0.29, 0.717) is 28.6 Å². The van der Waals surface area contributed by atoms with Crippen LogP contribution in [-0.2, 0) is 21.3 Å². The summed E-state index contributed by atoms with van der Waals surface area (Å²) in [5.74, 6) is 0.287. The summed E-state index contributed by atoms with van der Waals surface area (Å²) < 4.78 is 36.5. The molecule has 0 bridgehead atoms. The number of fused-ring (bicyclic) bond motifs is 1. The lowest BCUT2D eigenvalue weighted by molar-refractivity contribution is 0.102. The van der Waals surface area contributed by atoms with Crippen LogP contribution in [-0.4, -0.2) is 38.3 Å². The second-order valence-electron chi connectivity index (χ2n) is 7.05. The topological polar surface area (TPSA) is 99.5 Å². The Hall–Kier alpha value is -3.33. The first-order valence-electron chi connectivity index (χ1n) is 9.23. The molecule has 0 atom stereocenters. The molecule has 0 aliphatic carbocycles. The molecule has 4 rings (SSSR count). The van der Waals surface area contributed by atoms with Gasteiger partial charge >= 0.3 is 0 Å².